The first kappa shape index (κ1) is 17.5. The summed E-state index contributed by atoms with van der Waals surface area (Å²) in [6, 6.07) is 0. The highest BCUT2D eigenvalue weighted by Gasteiger charge is 2.23. The molecular weight excluding hydrogens is 286 g/mol. The van der Waals surface area contributed by atoms with E-state index in [2.05, 4.69) is 15.1 Å². The Balaban J connectivity index is 0.00000161. The molecule has 21 heavy (non-hydrogen) atoms. The summed E-state index contributed by atoms with van der Waals surface area (Å²) in [6.45, 7) is 12.2. The van der Waals surface area contributed by atoms with E-state index in [1.54, 1.807) is 0 Å². The van der Waals surface area contributed by atoms with Crippen LogP contribution in [0.2, 0.25) is 0 Å². The van der Waals surface area contributed by atoms with E-state index in [9.17, 15) is 0 Å². The Labute approximate surface area is 136 Å². The van der Waals surface area contributed by atoms with Crippen LogP contribution in [0.4, 0.5) is 0 Å². The number of hydrogen-bond donors (Lipinski definition) is 1. The standard InChI is InChI=1S/C16H31N3O.ClH/c1-5-17-6-2-15(1)13-18-7-9-19(10-8-18)14-16-3-11-20-12-4-16;/h15-17H,1-14H2;1H. The lowest BCUT2D eigenvalue weighted by Crippen LogP contribution is -2.49. The van der Waals surface area contributed by atoms with Crippen molar-refractivity contribution < 1.29 is 4.74 Å². The third-order valence-electron chi connectivity index (χ3n) is 5.30. The SMILES string of the molecule is C1CC(CN2CCN(CC3CCOCC3)CC2)CCN1.Cl. The van der Waals surface area contributed by atoms with E-state index in [0.29, 0.717) is 0 Å². The number of halogens is 1. The fraction of sp³-hybridized carbons (Fsp3) is 1.00. The van der Waals surface area contributed by atoms with Crippen LogP contribution >= 0.6 is 12.4 Å². The molecule has 0 unspecified atom stereocenters. The maximum absolute atomic E-state index is 5.46. The van der Waals surface area contributed by atoms with E-state index in [-0.39, 0.29) is 12.4 Å². The van der Waals surface area contributed by atoms with Crippen LogP contribution in [0, 0.1) is 11.8 Å². The van der Waals surface area contributed by atoms with Crippen molar-refractivity contribution in [2.24, 2.45) is 11.8 Å². The van der Waals surface area contributed by atoms with Crippen molar-refractivity contribution in [1.29, 1.82) is 0 Å². The molecule has 0 atom stereocenters. The van der Waals surface area contributed by atoms with Crippen molar-refractivity contribution in [3.05, 3.63) is 0 Å². The molecule has 5 heteroatoms. The highest BCUT2D eigenvalue weighted by atomic mass is 35.5. The van der Waals surface area contributed by atoms with Gasteiger partial charge in [0.05, 0.1) is 0 Å². The molecule has 0 amide bonds. The quantitative estimate of drug-likeness (QED) is 0.849. The minimum Gasteiger partial charge on any atom is -0.381 e. The summed E-state index contributed by atoms with van der Waals surface area (Å²) in [7, 11) is 0. The predicted octanol–water partition coefficient (Wildman–Crippen LogP) is 1.45. The molecule has 3 heterocycles. The highest BCUT2D eigenvalue weighted by molar-refractivity contribution is 5.85. The monoisotopic (exact) mass is 317 g/mol. The number of piperazine rings is 1. The number of ether oxygens (including phenoxy) is 1. The van der Waals surface area contributed by atoms with E-state index < -0.39 is 0 Å². The summed E-state index contributed by atoms with van der Waals surface area (Å²) in [5, 5.41) is 3.47. The van der Waals surface area contributed by atoms with Gasteiger partial charge < -0.3 is 19.9 Å². The number of nitrogens with zero attached hydrogens (tertiary/aromatic N) is 2. The van der Waals surface area contributed by atoms with Gasteiger partial charge in [-0.3, -0.25) is 0 Å². The predicted molar refractivity (Wildman–Crippen MR) is 89.3 cm³/mol. The molecule has 3 fully saturated rings. The lowest BCUT2D eigenvalue weighted by Gasteiger charge is -2.39. The Kier molecular flexibility index (Phi) is 7.75. The first-order valence-electron chi connectivity index (χ1n) is 8.63. The van der Waals surface area contributed by atoms with Gasteiger partial charge in [-0.2, -0.15) is 0 Å². The Morgan fingerprint density at radius 1 is 0.762 bits per heavy atom. The van der Waals surface area contributed by atoms with E-state index in [4.69, 9.17) is 4.74 Å². The van der Waals surface area contributed by atoms with Gasteiger partial charge in [0.2, 0.25) is 0 Å². The number of nitrogens with one attached hydrogen (secondary N) is 1. The molecule has 3 aliphatic rings. The van der Waals surface area contributed by atoms with Crippen molar-refractivity contribution in [3.8, 4) is 0 Å². The van der Waals surface area contributed by atoms with Gasteiger partial charge in [-0.15, -0.1) is 12.4 Å². The second kappa shape index (κ2) is 9.31. The molecule has 4 nitrogen and oxygen atoms in total. The fourth-order valence-electron chi connectivity index (χ4n) is 3.88. The first-order chi connectivity index (χ1) is 9.90. The van der Waals surface area contributed by atoms with Crippen molar-refractivity contribution >= 4 is 12.4 Å². The van der Waals surface area contributed by atoms with Gasteiger partial charge in [-0.25, -0.2) is 0 Å². The van der Waals surface area contributed by atoms with Crippen LogP contribution in [-0.2, 0) is 4.74 Å². The van der Waals surface area contributed by atoms with Gasteiger partial charge in [-0.05, 0) is 50.6 Å². The van der Waals surface area contributed by atoms with Crippen LogP contribution in [0.1, 0.15) is 25.7 Å². The number of piperidine rings is 1. The molecule has 0 aromatic rings. The molecule has 0 saturated carbocycles. The Morgan fingerprint density at radius 3 is 1.76 bits per heavy atom. The summed E-state index contributed by atoms with van der Waals surface area (Å²) >= 11 is 0. The summed E-state index contributed by atoms with van der Waals surface area (Å²) in [5.74, 6) is 1.83. The Morgan fingerprint density at radius 2 is 1.24 bits per heavy atom. The minimum atomic E-state index is 0. The molecule has 124 valence electrons. The molecular formula is C16H32ClN3O. The van der Waals surface area contributed by atoms with Crippen molar-refractivity contribution in [1.82, 2.24) is 15.1 Å². The topological polar surface area (TPSA) is 27.7 Å². The summed E-state index contributed by atoms with van der Waals surface area (Å²) < 4.78 is 5.46. The van der Waals surface area contributed by atoms with Crippen molar-refractivity contribution in [2.45, 2.75) is 25.7 Å². The average Bonchev–Trinajstić information content (AvgIpc) is 2.51. The zero-order chi connectivity index (χ0) is 13.6. The van der Waals surface area contributed by atoms with Crippen LogP contribution < -0.4 is 5.32 Å². The first-order valence-corrected chi connectivity index (χ1v) is 8.63. The molecule has 3 saturated heterocycles. The lowest BCUT2D eigenvalue weighted by molar-refractivity contribution is 0.0400. The molecule has 1 N–H and O–H groups in total. The maximum atomic E-state index is 5.46. The maximum Gasteiger partial charge on any atom is 0.0469 e. The highest BCUT2D eigenvalue weighted by Crippen LogP contribution is 2.18. The van der Waals surface area contributed by atoms with Crippen molar-refractivity contribution in [3.63, 3.8) is 0 Å². The molecule has 3 aliphatic heterocycles. The third kappa shape index (κ3) is 5.68. The van der Waals surface area contributed by atoms with Crippen molar-refractivity contribution in [2.75, 3.05) is 65.6 Å². The summed E-state index contributed by atoms with van der Waals surface area (Å²) in [5.41, 5.74) is 0. The number of rotatable bonds is 4. The van der Waals surface area contributed by atoms with Gasteiger partial charge in [-0.1, -0.05) is 0 Å². The van der Waals surface area contributed by atoms with Crippen LogP contribution in [0.25, 0.3) is 0 Å². The fourth-order valence-corrected chi connectivity index (χ4v) is 3.88. The van der Waals surface area contributed by atoms with Crippen LogP contribution in [-0.4, -0.2) is 75.4 Å². The largest absolute Gasteiger partial charge is 0.381 e. The molecule has 0 aromatic carbocycles. The van der Waals surface area contributed by atoms with Gasteiger partial charge in [0.1, 0.15) is 0 Å². The Bertz CT molecular complexity index is 245. The smallest absolute Gasteiger partial charge is 0.0469 e. The van der Waals surface area contributed by atoms with Crippen LogP contribution in [0.5, 0.6) is 0 Å². The van der Waals surface area contributed by atoms with Crippen LogP contribution in [0.3, 0.4) is 0 Å². The van der Waals surface area contributed by atoms with Gasteiger partial charge in [0.25, 0.3) is 0 Å². The third-order valence-corrected chi connectivity index (χ3v) is 5.30. The second-order valence-electron chi connectivity index (χ2n) is 6.85. The van der Waals surface area contributed by atoms with Gasteiger partial charge in [0, 0.05) is 52.5 Å². The second-order valence-corrected chi connectivity index (χ2v) is 6.85. The Hall–Kier alpha value is 0.130. The molecule has 0 aliphatic carbocycles. The zero-order valence-electron chi connectivity index (χ0n) is 13.3. The molecule has 0 bridgehead atoms. The average molecular weight is 318 g/mol. The van der Waals surface area contributed by atoms with Gasteiger partial charge >= 0.3 is 0 Å². The van der Waals surface area contributed by atoms with E-state index in [0.717, 1.165) is 25.0 Å². The lowest BCUT2D eigenvalue weighted by atomic mass is 9.97. The summed E-state index contributed by atoms with van der Waals surface area (Å²) in [6.07, 6.45) is 5.30. The van der Waals surface area contributed by atoms with E-state index in [1.807, 2.05) is 0 Å². The number of hydrogen-bond acceptors (Lipinski definition) is 4. The molecule has 0 radical (unpaired) electrons. The molecule has 3 rings (SSSR count). The normalized spacial score (nSPS) is 27.4. The summed E-state index contributed by atoms with van der Waals surface area (Å²) in [4.78, 5) is 5.39. The zero-order valence-corrected chi connectivity index (χ0v) is 14.1. The minimum absolute atomic E-state index is 0. The van der Waals surface area contributed by atoms with E-state index >= 15 is 0 Å². The van der Waals surface area contributed by atoms with E-state index in [1.165, 1.54) is 78.0 Å². The van der Waals surface area contributed by atoms with Crippen LogP contribution in [0.15, 0.2) is 0 Å². The molecule has 0 aromatic heterocycles. The molecule has 0 spiro atoms. The van der Waals surface area contributed by atoms with Gasteiger partial charge in [0.15, 0.2) is 0 Å².